The van der Waals surface area contributed by atoms with Crippen molar-refractivity contribution in [2.24, 2.45) is 5.41 Å². The minimum absolute atomic E-state index is 0.0532. The lowest BCUT2D eigenvalue weighted by molar-refractivity contribution is 0.293. The summed E-state index contributed by atoms with van der Waals surface area (Å²) in [5, 5.41) is 0. The van der Waals surface area contributed by atoms with Crippen molar-refractivity contribution in [3.05, 3.63) is 24.3 Å². The van der Waals surface area contributed by atoms with E-state index in [1.165, 1.54) is 18.6 Å². The summed E-state index contributed by atoms with van der Waals surface area (Å²) in [6.45, 7) is 6.45. The monoisotopic (exact) mass is 269 g/mol. The van der Waals surface area contributed by atoms with Crippen LogP contribution >= 0.6 is 0 Å². The van der Waals surface area contributed by atoms with Gasteiger partial charge in [0, 0.05) is 18.8 Å². The average molecular weight is 269 g/mol. The second-order valence-corrected chi connectivity index (χ2v) is 7.08. The van der Waals surface area contributed by atoms with E-state index in [2.05, 4.69) is 18.7 Å². The van der Waals surface area contributed by atoms with Gasteiger partial charge in [-0.3, -0.25) is 4.55 Å². The smallest absolute Gasteiger partial charge is 0.294 e. The molecule has 0 spiro atoms. The summed E-state index contributed by atoms with van der Waals surface area (Å²) >= 11 is 0. The van der Waals surface area contributed by atoms with Crippen molar-refractivity contribution in [1.29, 1.82) is 0 Å². The van der Waals surface area contributed by atoms with E-state index in [4.69, 9.17) is 4.55 Å². The van der Waals surface area contributed by atoms with Crippen LogP contribution in [0.5, 0.6) is 0 Å². The Labute approximate surface area is 108 Å². The minimum atomic E-state index is -4.09. The van der Waals surface area contributed by atoms with Gasteiger partial charge < -0.3 is 4.90 Å². The molecular formula is C13H19NO3S. The first-order valence-electron chi connectivity index (χ1n) is 6.10. The van der Waals surface area contributed by atoms with Crippen LogP contribution in [0, 0.1) is 5.41 Å². The lowest BCUT2D eigenvalue weighted by atomic mass is 9.84. The number of hydrogen-bond acceptors (Lipinski definition) is 3. The maximum absolute atomic E-state index is 11.0. The number of piperidine rings is 1. The van der Waals surface area contributed by atoms with E-state index in [0.29, 0.717) is 5.41 Å². The summed E-state index contributed by atoms with van der Waals surface area (Å²) in [4.78, 5) is 2.21. The topological polar surface area (TPSA) is 57.6 Å². The molecule has 0 saturated carbocycles. The predicted molar refractivity (Wildman–Crippen MR) is 71.5 cm³/mol. The zero-order chi connectivity index (χ0) is 13.4. The van der Waals surface area contributed by atoms with Gasteiger partial charge in [-0.15, -0.1) is 0 Å². The van der Waals surface area contributed by atoms with E-state index in [0.717, 1.165) is 25.2 Å². The van der Waals surface area contributed by atoms with E-state index >= 15 is 0 Å². The Morgan fingerprint density at radius 3 is 2.33 bits per heavy atom. The molecule has 100 valence electrons. The first-order chi connectivity index (χ1) is 8.28. The molecule has 0 aliphatic carbocycles. The molecule has 1 aromatic rings. The number of hydrogen-bond donors (Lipinski definition) is 1. The molecule has 0 radical (unpaired) electrons. The summed E-state index contributed by atoms with van der Waals surface area (Å²) in [5.74, 6) is 0. The van der Waals surface area contributed by atoms with Crippen LogP contribution < -0.4 is 4.90 Å². The minimum Gasteiger partial charge on any atom is -0.371 e. The van der Waals surface area contributed by atoms with Gasteiger partial charge in [0.15, 0.2) is 0 Å². The van der Waals surface area contributed by atoms with Crippen LogP contribution in [0.1, 0.15) is 26.7 Å². The molecule has 0 aromatic heterocycles. The highest BCUT2D eigenvalue weighted by molar-refractivity contribution is 7.85. The van der Waals surface area contributed by atoms with Gasteiger partial charge in [-0.05, 0) is 42.5 Å². The summed E-state index contributed by atoms with van der Waals surface area (Å²) in [6.07, 6.45) is 2.36. The van der Waals surface area contributed by atoms with Gasteiger partial charge in [0.05, 0.1) is 4.90 Å². The highest BCUT2D eigenvalue weighted by atomic mass is 32.2. The van der Waals surface area contributed by atoms with Gasteiger partial charge in [-0.25, -0.2) is 0 Å². The molecule has 1 aliphatic heterocycles. The Bertz CT molecular complexity index is 520. The van der Waals surface area contributed by atoms with Gasteiger partial charge in [0.2, 0.25) is 0 Å². The number of rotatable bonds is 2. The Hall–Kier alpha value is -1.07. The third-order valence-corrected chi connectivity index (χ3v) is 4.27. The predicted octanol–water partition coefficient (Wildman–Crippen LogP) is 2.56. The molecule has 18 heavy (non-hydrogen) atoms. The molecule has 1 saturated heterocycles. The first-order valence-corrected chi connectivity index (χ1v) is 7.54. The molecule has 1 aliphatic rings. The molecule has 5 heteroatoms. The summed E-state index contributed by atoms with van der Waals surface area (Å²) in [7, 11) is -4.09. The summed E-state index contributed by atoms with van der Waals surface area (Å²) in [6, 6.07) is 6.41. The maximum Gasteiger partial charge on any atom is 0.294 e. The van der Waals surface area contributed by atoms with Gasteiger partial charge in [-0.1, -0.05) is 13.8 Å². The average Bonchev–Trinajstić information content (AvgIpc) is 2.27. The van der Waals surface area contributed by atoms with Crippen molar-refractivity contribution in [2.45, 2.75) is 31.6 Å². The first kappa shape index (κ1) is 13.4. The lowest BCUT2D eigenvalue weighted by Crippen LogP contribution is -2.40. The van der Waals surface area contributed by atoms with E-state index in [9.17, 15) is 8.42 Å². The van der Waals surface area contributed by atoms with Crippen molar-refractivity contribution >= 4 is 15.8 Å². The van der Waals surface area contributed by atoms with Crippen molar-refractivity contribution in [3.8, 4) is 0 Å². The molecule has 0 atom stereocenters. The Kier molecular flexibility index (Phi) is 3.38. The van der Waals surface area contributed by atoms with Crippen LogP contribution in [0.4, 0.5) is 5.69 Å². The third kappa shape index (κ3) is 3.03. The fourth-order valence-corrected chi connectivity index (χ4v) is 2.95. The Balaban J connectivity index is 2.20. The Morgan fingerprint density at radius 1 is 1.22 bits per heavy atom. The molecule has 0 unspecified atom stereocenters. The van der Waals surface area contributed by atoms with Crippen molar-refractivity contribution < 1.29 is 13.0 Å². The zero-order valence-corrected chi connectivity index (χ0v) is 11.6. The molecule has 1 fully saturated rings. The number of nitrogens with zero attached hydrogens (tertiary/aromatic N) is 1. The van der Waals surface area contributed by atoms with Crippen molar-refractivity contribution in [2.75, 3.05) is 18.0 Å². The largest absolute Gasteiger partial charge is 0.371 e. The van der Waals surface area contributed by atoms with Gasteiger partial charge in [0.1, 0.15) is 0 Å². The fourth-order valence-electron chi connectivity index (χ4n) is 2.47. The van der Waals surface area contributed by atoms with E-state index in [1.807, 2.05) is 0 Å². The van der Waals surface area contributed by atoms with Crippen LogP contribution in [-0.2, 0) is 10.1 Å². The highest BCUT2D eigenvalue weighted by Crippen LogP contribution is 2.31. The van der Waals surface area contributed by atoms with E-state index < -0.39 is 10.1 Å². The second-order valence-electron chi connectivity index (χ2n) is 5.66. The molecule has 1 N–H and O–H groups in total. The van der Waals surface area contributed by atoms with E-state index in [1.54, 1.807) is 12.1 Å². The molecule has 0 bridgehead atoms. The zero-order valence-electron chi connectivity index (χ0n) is 10.8. The standard InChI is InChI=1S/C13H19NO3S/c1-13(2)8-3-9-14(10-13)11-4-6-12(7-5-11)18(15,16)17/h4-7H,3,8-10H2,1-2H3,(H,15,16,17). The normalized spacial score (nSPS) is 19.8. The Morgan fingerprint density at radius 2 is 1.83 bits per heavy atom. The number of benzene rings is 1. The van der Waals surface area contributed by atoms with Crippen LogP contribution in [0.15, 0.2) is 29.2 Å². The van der Waals surface area contributed by atoms with Gasteiger partial charge in [0.25, 0.3) is 10.1 Å². The van der Waals surface area contributed by atoms with Gasteiger partial charge >= 0.3 is 0 Å². The van der Waals surface area contributed by atoms with Crippen LogP contribution in [0.3, 0.4) is 0 Å². The molecule has 1 heterocycles. The summed E-state index contributed by atoms with van der Waals surface area (Å²) < 4.78 is 30.9. The highest BCUT2D eigenvalue weighted by Gasteiger charge is 2.26. The summed E-state index contributed by atoms with van der Waals surface area (Å²) in [5.41, 5.74) is 1.30. The third-order valence-electron chi connectivity index (χ3n) is 3.40. The molecular weight excluding hydrogens is 250 g/mol. The SMILES string of the molecule is CC1(C)CCCN(c2ccc(S(=O)(=O)O)cc2)C1. The van der Waals surface area contributed by atoms with Crippen LogP contribution in [-0.4, -0.2) is 26.1 Å². The second kappa shape index (κ2) is 4.55. The number of anilines is 1. The maximum atomic E-state index is 11.0. The molecule has 2 rings (SSSR count). The lowest BCUT2D eigenvalue weighted by Gasteiger charge is -2.39. The molecule has 4 nitrogen and oxygen atoms in total. The fraction of sp³-hybridized carbons (Fsp3) is 0.538. The van der Waals surface area contributed by atoms with Crippen molar-refractivity contribution in [3.63, 3.8) is 0 Å². The van der Waals surface area contributed by atoms with Gasteiger partial charge in [-0.2, -0.15) is 8.42 Å². The molecule has 1 aromatic carbocycles. The van der Waals surface area contributed by atoms with Crippen LogP contribution in [0.25, 0.3) is 0 Å². The molecule has 0 amide bonds. The van der Waals surface area contributed by atoms with E-state index in [-0.39, 0.29) is 4.90 Å². The van der Waals surface area contributed by atoms with Crippen molar-refractivity contribution in [1.82, 2.24) is 0 Å². The van der Waals surface area contributed by atoms with Crippen LogP contribution in [0.2, 0.25) is 0 Å². The quantitative estimate of drug-likeness (QED) is 0.838.